The first-order valence-corrected chi connectivity index (χ1v) is 9.53. The van der Waals surface area contributed by atoms with Gasteiger partial charge in [0.2, 0.25) is 0 Å². The Hall–Kier alpha value is -2.18. The first-order valence-electron chi connectivity index (χ1n) is 7.94. The molecule has 138 valence electrons. The van der Waals surface area contributed by atoms with Crippen molar-refractivity contribution in [1.82, 2.24) is 0 Å². The van der Waals surface area contributed by atoms with Crippen molar-refractivity contribution in [3.05, 3.63) is 81.7 Å². The van der Waals surface area contributed by atoms with Gasteiger partial charge in [0, 0.05) is 0 Å². The van der Waals surface area contributed by atoms with Crippen LogP contribution in [0.2, 0.25) is 0 Å². The highest BCUT2D eigenvalue weighted by atomic mass is 79.9. The Bertz CT molecular complexity index is 1040. The molecule has 0 aromatic heterocycles. The van der Waals surface area contributed by atoms with E-state index in [1.807, 2.05) is 54.6 Å². The maximum atomic E-state index is 12.1. The summed E-state index contributed by atoms with van der Waals surface area (Å²) in [7, 11) is 0. The van der Waals surface area contributed by atoms with Crippen molar-refractivity contribution in [3.63, 3.8) is 0 Å². The van der Waals surface area contributed by atoms with Crippen molar-refractivity contribution >= 4 is 53.4 Å². The molecule has 0 heterocycles. The van der Waals surface area contributed by atoms with Crippen LogP contribution in [0.25, 0.3) is 21.5 Å². The quantitative estimate of drug-likeness (QED) is 0.311. The van der Waals surface area contributed by atoms with E-state index in [1.54, 1.807) is 18.2 Å². The van der Waals surface area contributed by atoms with E-state index in [2.05, 4.69) is 36.6 Å². The summed E-state index contributed by atoms with van der Waals surface area (Å²) in [6, 6.07) is 22.4. The van der Waals surface area contributed by atoms with Crippen LogP contribution in [0.3, 0.4) is 0 Å². The molecule has 4 rings (SSSR count). The summed E-state index contributed by atoms with van der Waals surface area (Å²) in [4.78, 5) is 0. The van der Waals surface area contributed by atoms with Crippen LogP contribution < -0.4 is 4.74 Å². The van der Waals surface area contributed by atoms with Gasteiger partial charge in [0.05, 0.1) is 8.95 Å². The number of rotatable bonds is 2. The summed E-state index contributed by atoms with van der Waals surface area (Å²) in [5.74, 6) is 0.442. The Morgan fingerprint density at radius 3 is 1.67 bits per heavy atom. The third-order valence-electron chi connectivity index (χ3n) is 3.83. The Morgan fingerprint density at radius 1 is 0.704 bits per heavy atom. The number of phenolic OH excluding ortho intramolecular Hbond substituents is 1. The predicted octanol–water partition coefficient (Wildman–Crippen LogP) is 7.51. The van der Waals surface area contributed by atoms with Crippen LogP contribution in [0.1, 0.15) is 0 Å². The Kier molecular flexibility index (Phi) is 6.29. The molecule has 0 aliphatic rings. The molecular formula is C21H14Br2F2O2. The molecule has 4 aromatic rings. The van der Waals surface area contributed by atoms with Crippen LogP contribution in [0.15, 0.2) is 81.7 Å². The average molecular weight is 496 g/mol. The van der Waals surface area contributed by atoms with Crippen LogP contribution in [0, 0.1) is 0 Å². The number of aromatic hydroxyl groups is 1. The van der Waals surface area contributed by atoms with E-state index >= 15 is 0 Å². The van der Waals surface area contributed by atoms with Crippen LogP contribution in [0.5, 0.6) is 11.5 Å². The van der Waals surface area contributed by atoms with Crippen molar-refractivity contribution in [2.75, 3.05) is 0 Å². The molecule has 0 saturated carbocycles. The minimum Gasteiger partial charge on any atom is -0.507 e. The molecule has 0 bridgehead atoms. The second-order valence-electron chi connectivity index (χ2n) is 5.66. The van der Waals surface area contributed by atoms with Gasteiger partial charge >= 0.3 is 6.61 Å². The molecule has 0 amide bonds. The molecule has 0 saturated heterocycles. The molecule has 0 aliphatic carbocycles. The second kappa shape index (κ2) is 8.67. The zero-order valence-electron chi connectivity index (χ0n) is 13.9. The normalized spacial score (nSPS) is 10.7. The summed E-state index contributed by atoms with van der Waals surface area (Å²) >= 11 is 6.45. The van der Waals surface area contributed by atoms with Gasteiger partial charge < -0.3 is 9.84 Å². The van der Waals surface area contributed by atoms with Crippen molar-refractivity contribution < 1.29 is 18.6 Å². The number of fused-ring (bicyclic) bond motifs is 2. The lowest BCUT2D eigenvalue weighted by Crippen LogP contribution is -2.02. The van der Waals surface area contributed by atoms with Crippen LogP contribution in [-0.2, 0) is 0 Å². The predicted molar refractivity (Wildman–Crippen MR) is 112 cm³/mol. The Balaban J connectivity index is 0.000000159. The van der Waals surface area contributed by atoms with Gasteiger partial charge in [-0.25, -0.2) is 0 Å². The van der Waals surface area contributed by atoms with Gasteiger partial charge in [-0.05, 0) is 77.7 Å². The van der Waals surface area contributed by atoms with E-state index in [0.717, 1.165) is 26.0 Å². The van der Waals surface area contributed by atoms with Crippen molar-refractivity contribution in [2.45, 2.75) is 6.61 Å². The van der Waals surface area contributed by atoms with E-state index in [0.29, 0.717) is 4.47 Å². The highest BCUT2D eigenvalue weighted by molar-refractivity contribution is 9.11. The summed E-state index contributed by atoms with van der Waals surface area (Å²) < 4.78 is 29.8. The van der Waals surface area contributed by atoms with Gasteiger partial charge in [0.1, 0.15) is 11.5 Å². The van der Waals surface area contributed by atoms with E-state index in [4.69, 9.17) is 0 Å². The SMILES string of the molecule is FC(F)Oc1cc2ccccc2cc1Br.Oc1cc2ccccc2cc1Br. The number of hydrogen-bond donors (Lipinski definition) is 1. The molecule has 0 fully saturated rings. The molecule has 0 unspecified atom stereocenters. The summed E-state index contributed by atoms with van der Waals surface area (Å²) in [5.41, 5.74) is 0. The number of hydrogen-bond acceptors (Lipinski definition) is 2. The zero-order chi connectivity index (χ0) is 19.4. The van der Waals surface area contributed by atoms with Gasteiger partial charge in [-0.3, -0.25) is 0 Å². The highest BCUT2D eigenvalue weighted by Gasteiger charge is 2.09. The van der Waals surface area contributed by atoms with Crippen LogP contribution >= 0.6 is 31.9 Å². The molecule has 4 aromatic carbocycles. The van der Waals surface area contributed by atoms with Crippen molar-refractivity contribution in [1.29, 1.82) is 0 Å². The average Bonchev–Trinajstić information content (AvgIpc) is 2.63. The summed E-state index contributed by atoms with van der Waals surface area (Å²) in [6.07, 6.45) is 0. The third kappa shape index (κ3) is 4.96. The third-order valence-corrected chi connectivity index (χ3v) is 5.09. The smallest absolute Gasteiger partial charge is 0.387 e. The maximum absolute atomic E-state index is 12.1. The standard InChI is InChI=1S/C11H7BrF2O.C10H7BrO/c12-9-5-7-3-1-2-4-8(7)6-10(9)15-11(13)14;11-9-5-7-3-1-2-4-8(7)6-10(9)12/h1-6,11H;1-6,12H. The first kappa shape index (κ1) is 19.6. The van der Waals surface area contributed by atoms with Gasteiger partial charge in [-0.15, -0.1) is 0 Å². The zero-order valence-corrected chi connectivity index (χ0v) is 17.0. The number of alkyl halides is 2. The minimum absolute atomic E-state index is 0.156. The highest BCUT2D eigenvalue weighted by Crippen LogP contribution is 2.31. The molecular weight excluding hydrogens is 482 g/mol. The summed E-state index contributed by atoms with van der Waals surface area (Å²) in [6.45, 7) is -2.80. The molecule has 27 heavy (non-hydrogen) atoms. The number of halogens is 4. The van der Waals surface area contributed by atoms with E-state index in [1.165, 1.54) is 0 Å². The fraction of sp³-hybridized carbons (Fsp3) is 0.0476. The van der Waals surface area contributed by atoms with Crippen LogP contribution in [0.4, 0.5) is 8.78 Å². The summed E-state index contributed by atoms with van der Waals surface area (Å²) in [5, 5.41) is 13.4. The molecule has 0 radical (unpaired) electrons. The topological polar surface area (TPSA) is 29.5 Å². The lowest BCUT2D eigenvalue weighted by Gasteiger charge is -2.08. The number of ether oxygens (including phenoxy) is 1. The van der Waals surface area contributed by atoms with Gasteiger partial charge in [0.25, 0.3) is 0 Å². The maximum Gasteiger partial charge on any atom is 0.387 e. The largest absolute Gasteiger partial charge is 0.507 e. The molecule has 0 aliphatic heterocycles. The fourth-order valence-electron chi connectivity index (χ4n) is 2.58. The van der Waals surface area contributed by atoms with Crippen molar-refractivity contribution in [3.8, 4) is 11.5 Å². The van der Waals surface area contributed by atoms with E-state index in [-0.39, 0.29) is 11.5 Å². The molecule has 0 atom stereocenters. The lowest BCUT2D eigenvalue weighted by atomic mass is 10.1. The van der Waals surface area contributed by atoms with Crippen molar-refractivity contribution in [2.24, 2.45) is 0 Å². The van der Waals surface area contributed by atoms with Gasteiger partial charge in [-0.2, -0.15) is 8.78 Å². The minimum atomic E-state index is -2.80. The Morgan fingerprint density at radius 2 is 1.15 bits per heavy atom. The van der Waals surface area contributed by atoms with Crippen LogP contribution in [-0.4, -0.2) is 11.7 Å². The monoisotopic (exact) mass is 494 g/mol. The van der Waals surface area contributed by atoms with Gasteiger partial charge in [-0.1, -0.05) is 48.5 Å². The van der Waals surface area contributed by atoms with E-state index < -0.39 is 6.61 Å². The van der Waals surface area contributed by atoms with E-state index in [9.17, 15) is 13.9 Å². The lowest BCUT2D eigenvalue weighted by molar-refractivity contribution is -0.0502. The Labute approximate surface area is 171 Å². The first-order chi connectivity index (χ1) is 12.9. The molecule has 6 heteroatoms. The second-order valence-corrected chi connectivity index (χ2v) is 7.37. The molecule has 2 nitrogen and oxygen atoms in total. The number of phenols is 1. The fourth-order valence-corrected chi connectivity index (χ4v) is 3.39. The molecule has 0 spiro atoms. The van der Waals surface area contributed by atoms with Gasteiger partial charge in [0.15, 0.2) is 0 Å². The number of benzene rings is 4. The molecule has 1 N–H and O–H groups in total.